The summed E-state index contributed by atoms with van der Waals surface area (Å²) < 4.78 is 0. The van der Waals surface area contributed by atoms with E-state index in [-0.39, 0.29) is 18.5 Å². The van der Waals surface area contributed by atoms with Crippen LogP contribution < -0.4 is 16.0 Å². The van der Waals surface area contributed by atoms with Crippen LogP contribution in [0, 0.1) is 0 Å². The molecular weight excluding hydrogens is 326 g/mol. The predicted molar refractivity (Wildman–Crippen MR) is 103 cm³/mol. The second-order valence-electron chi connectivity index (χ2n) is 6.94. The first-order chi connectivity index (χ1) is 12.7. The van der Waals surface area contributed by atoms with Gasteiger partial charge in [0.15, 0.2) is 0 Å². The molecule has 1 fully saturated rings. The van der Waals surface area contributed by atoms with Gasteiger partial charge in [-0.1, -0.05) is 60.7 Å². The van der Waals surface area contributed by atoms with Gasteiger partial charge in [-0.25, -0.2) is 4.79 Å². The Kier molecular flexibility index (Phi) is 6.26. The van der Waals surface area contributed by atoms with Gasteiger partial charge in [-0.05, 0) is 30.5 Å². The minimum atomic E-state index is -0.853. The number of β-amino-alcohol motifs (C(OH)–C–C–N with tert-alkyl or cyclic N) is 1. The molecule has 5 heteroatoms. The van der Waals surface area contributed by atoms with E-state index in [1.165, 1.54) is 0 Å². The fourth-order valence-corrected chi connectivity index (χ4v) is 3.40. The molecule has 5 nitrogen and oxygen atoms in total. The minimum Gasteiger partial charge on any atom is -0.387 e. The van der Waals surface area contributed by atoms with E-state index in [4.69, 9.17) is 0 Å². The van der Waals surface area contributed by atoms with Crippen molar-refractivity contribution in [2.24, 2.45) is 0 Å². The van der Waals surface area contributed by atoms with Gasteiger partial charge in [0.05, 0.1) is 5.60 Å². The Morgan fingerprint density at radius 1 is 1.04 bits per heavy atom. The first-order valence-corrected chi connectivity index (χ1v) is 9.21. The van der Waals surface area contributed by atoms with Crippen molar-refractivity contribution < 1.29 is 9.90 Å². The second-order valence-corrected chi connectivity index (χ2v) is 6.94. The van der Waals surface area contributed by atoms with Gasteiger partial charge in [0.1, 0.15) is 0 Å². The normalized spacial score (nSPS) is 19.9. The zero-order valence-electron chi connectivity index (χ0n) is 14.9. The Hall–Kier alpha value is -2.37. The van der Waals surface area contributed by atoms with Crippen molar-refractivity contribution in [3.63, 3.8) is 0 Å². The monoisotopic (exact) mass is 353 g/mol. The summed E-state index contributed by atoms with van der Waals surface area (Å²) in [6.45, 7) is 2.19. The van der Waals surface area contributed by atoms with Crippen molar-refractivity contribution in [1.82, 2.24) is 16.0 Å². The maximum atomic E-state index is 12.2. The number of carbonyl (C=O) groups excluding carboxylic acids is 1. The molecule has 26 heavy (non-hydrogen) atoms. The molecule has 4 N–H and O–H groups in total. The number of carbonyl (C=O) groups is 1. The van der Waals surface area contributed by atoms with E-state index < -0.39 is 5.60 Å². The highest BCUT2D eigenvalue weighted by Crippen LogP contribution is 2.23. The molecule has 1 aliphatic rings. The van der Waals surface area contributed by atoms with Crippen molar-refractivity contribution >= 4 is 6.03 Å². The van der Waals surface area contributed by atoms with Crippen LogP contribution in [0.4, 0.5) is 4.79 Å². The quantitative estimate of drug-likeness (QED) is 0.643. The van der Waals surface area contributed by atoms with Crippen LogP contribution in [-0.2, 0) is 0 Å². The van der Waals surface area contributed by atoms with E-state index in [0.29, 0.717) is 19.5 Å². The lowest BCUT2D eigenvalue weighted by Crippen LogP contribution is -2.54. The highest BCUT2D eigenvalue weighted by Gasteiger charge is 2.29. The topological polar surface area (TPSA) is 73.4 Å². The number of amides is 2. The Balaban J connectivity index is 1.58. The van der Waals surface area contributed by atoms with Crippen LogP contribution in [0.2, 0.25) is 0 Å². The molecule has 1 saturated heterocycles. The molecule has 1 aliphatic heterocycles. The summed E-state index contributed by atoms with van der Waals surface area (Å²) in [4.78, 5) is 12.2. The molecule has 2 amide bonds. The summed E-state index contributed by atoms with van der Waals surface area (Å²) >= 11 is 0. The van der Waals surface area contributed by atoms with E-state index in [1.54, 1.807) is 0 Å². The first-order valence-electron chi connectivity index (χ1n) is 9.21. The van der Waals surface area contributed by atoms with E-state index in [0.717, 1.165) is 24.1 Å². The zero-order chi connectivity index (χ0) is 18.2. The van der Waals surface area contributed by atoms with Gasteiger partial charge in [-0.15, -0.1) is 0 Å². The summed E-state index contributed by atoms with van der Waals surface area (Å²) in [6.07, 6.45) is 1.63. The van der Waals surface area contributed by atoms with Gasteiger partial charge in [-0.2, -0.15) is 0 Å². The zero-order valence-corrected chi connectivity index (χ0v) is 14.9. The number of nitrogens with one attached hydrogen (secondary N) is 3. The average molecular weight is 353 g/mol. The van der Waals surface area contributed by atoms with Crippen molar-refractivity contribution in [1.29, 1.82) is 0 Å². The fourth-order valence-electron chi connectivity index (χ4n) is 3.40. The van der Waals surface area contributed by atoms with Crippen LogP contribution >= 0.6 is 0 Å². The van der Waals surface area contributed by atoms with Gasteiger partial charge >= 0.3 is 6.03 Å². The number of benzene rings is 2. The Morgan fingerprint density at radius 3 is 2.19 bits per heavy atom. The van der Waals surface area contributed by atoms with Crippen LogP contribution in [0.5, 0.6) is 0 Å². The third-order valence-electron chi connectivity index (χ3n) is 4.90. The molecule has 1 heterocycles. The Bertz CT molecular complexity index is 645. The van der Waals surface area contributed by atoms with Gasteiger partial charge in [0, 0.05) is 25.6 Å². The molecule has 0 spiro atoms. The van der Waals surface area contributed by atoms with E-state index >= 15 is 0 Å². The van der Waals surface area contributed by atoms with Gasteiger partial charge in [-0.3, -0.25) is 0 Å². The molecule has 0 aliphatic carbocycles. The largest absolute Gasteiger partial charge is 0.387 e. The summed E-state index contributed by atoms with van der Waals surface area (Å²) in [5, 5.41) is 19.4. The van der Waals surface area contributed by atoms with Crippen molar-refractivity contribution in [2.75, 3.05) is 26.2 Å². The molecule has 0 bridgehead atoms. The lowest BCUT2D eigenvalue weighted by molar-refractivity contribution is 0.0194. The number of piperidine rings is 1. The summed E-state index contributed by atoms with van der Waals surface area (Å²) in [6, 6.07) is 20.1. The second kappa shape index (κ2) is 8.83. The fraction of sp³-hybridized carbons (Fsp3) is 0.381. The van der Waals surface area contributed by atoms with Crippen molar-refractivity contribution in [3.8, 4) is 0 Å². The average Bonchev–Trinajstić information content (AvgIpc) is 2.69. The third-order valence-corrected chi connectivity index (χ3v) is 4.90. The predicted octanol–water partition coefficient (Wildman–Crippen LogP) is 2.23. The number of hydrogen-bond donors (Lipinski definition) is 4. The van der Waals surface area contributed by atoms with Gasteiger partial charge < -0.3 is 21.1 Å². The van der Waals surface area contributed by atoms with Crippen molar-refractivity contribution in [2.45, 2.75) is 24.4 Å². The number of hydrogen-bond acceptors (Lipinski definition) is 3. The molecular formula is C21H27N3O2. The van der Waals surface area contributed by atoms with E-state index in [1.807, 2.05) is 36.4 Å². The molecule has 0 radical (unpaired) electrons. The van der Waals surface area contributed by atoms with E-state index in [9.17, 15) is 9.90 Å². The highest BCUT2D eigenvalue weighted by molar-refractivity contribution is 5.74. The van der Waals surface area contributed by atoms with E-state index in [2.05, 4.69) is 40.2 Å². The van der Waals surface area contributed by atoms with Crippen LogP contribution in [-0.4, -0.2) is 42.9 Å². The smallest absolute Gasteiger partial charge is 0.314 e. The molecule has 0 aromatic heterocycles. The Labute approximate surface area is 154 Å². The van der Waals surface area contributed by atoms with Gasteiger partial charge in [0.25, 0.3) is 0 Å². The number of urea groups is 1. The lowest BCUT2D eigenvalue weighted by Gasteiger charge is -2.32. The standard InChI is InChI=1S/C21H27N3O2/c25-20(24-16-21(26)12-7-13-22-15-21)23-14-19(17-8-3-1-4-9-17)18-10-5-2-6-11-18/h1-6,8-11,19,22,26H,7,12-16H2,(H2,23,24,25). The Morgan fingerprint density at radius 2 is 1.65 bits per heavy atom. The number of rotatable bonds is 6. The third kappa shape index (κ3) is 5.07. The molecule has 1 unspecified atom stereocenters. The van der Waals surface area contributed by atoms with Crippen LogP contribution in [0.3, 0.4) is 0 Å². The lowest BCUT2D eigenvalue weighted by atomic mass is 9.91. The molecule has 2 aromatic rings. The highest BCUT2D eigenvalue weighted by atomic mass is 16.3. The molecule has 0 saturated carbocycles. The molecule has 1 atom stereocenters. The minimum absolute atomic E-state index is 0.0857. The van der Waals surface area contributed by atoms with Crippen LogP contribution in [0.1, 0.15) is 29.9 Å². The molecule has 138 valence electrons. The summed E-state index contributed by atoms with van der Waals surface area (Å²) in [7, 11) is 0. The van der Waals surface area contributed by atoms with Crippen molar-refractivity contribution in [3.05, 3.63) is 71.8 Å². The summed E-state index contributed by atoms with van der Waals surface area (Å²) in [5.74, 6) is 0.0857. The molecule has 3 rings (SSSR count). The maximum absolute atomic E-state index is 12.2. The van der Waals surface area contributed by atoms with Gasteiger partial charge in [0.2, 0.25) is 0 Å². The van der Waals surface area contributed by atoms with Crippen LogP contribution in [0.25, 0.3) is 0 Å². The molecule has 2 aromatic carbocycles. The summed E-state index contributed by atoms with van der Waals surface area (Å²) in [5.41, 5.74) is 1.47. The SMILES string of the molecule is O=C(NCC(c1ccccc1)c1ccccc1)NCC1(O)CCCNC1. The van der Waals surface area contributed by atoms with Crippen LogP contribution in [0.15, 0.2) is 60.7 Å². The number of aliphatic hydroxyl groups is 1. The maximum Gasteiger partial charge on any atom is 0.314 e. The first kappa shape index (κ1) is 18.4.